The van der Waals surface area contributed by atoms with Crippen molar-refractivity contribution in [2.24, 2.45) is 5.92 Å². The number of nitrogens with zero attached hydrogens (tertiary/aromatic N) is 3. The molecule has 0 unspecified atom stereocenters. The summed E-state index contributed by atoms with van der Waals surface area (Å²) in [7, 11) is 0. The molecule has 2 aromatic rings. The maximum Gasteiger partial charge on any atom is 0.195 e. The zero-order valence-corrected chi connectivity index (χ0v) is 11.2. The minimum atomic E-state index is 0.492. The molecule has 0 aliphatic heterocycles. The number of aromatic nitrogens is 3. The van der Waals surface area contributed by atoms with E-state index in [1.165, 1.54) is 0 Å². The van der Waals surface area contributed by atoms with Gasteiger partial charge in [0.05, 0.1) is 11.6 Å². The molecule has 1 aromatic carbocycles. The number of benzene rings is 1. The number of hydrogen-bond acceptors (Lipinski definition) is 3. The Labute approximate surface area is 111 Å². The van der Waals surface area contributed by atoms with E-state index in [0.717, 1.165) is 17.9 Å². The van der Waals surface area contributed by atoms with Crippen LogP contribution in [0, 0.1) is 22.0 Å². The van der Waals surface area contributed by atoms with Gasteiger partial charge in [0.1, 0.15) is 0 Å². The molecule has 0 spiro atoms. The van der Waals surface area contributed by atoms with Crippen molar-refractivity contribution < 1.29 is 0 Å². The van der Waals surface area contributed by atoms with E-state index in [1.807, 2.05) is 16.7 Å². The Kier molecular flexibility index (Phi) is 3.58. The highest BCUT2D eigenvalue weighted by atomic mass is 32.1. The van der Waals surface area contributed by atoms with Crippen LogP contribution in [-0.4, -0.2) is 14.8 Å². The van der Waals surface area contributed by atoms with Crippen LogP contribution < -0.4 is 0 Å². The van der Waals surface area contributed by atoms with Gasteiger partial charge in [-0.25, -0.2) is 0 Å². The van der Waals surface area contributed by atoms with Gasteiger partial charge in [-0.1, -0.05) is 13.8 Å². The van der Waals surface area contributed by atoms with E-state index >= 15 is 0 Å². The lowest BCUT2D eigenvalue weighted by Crippen LogP contribution is -2.06. The van der Waals surface area contributed by atoms with E-state index in [1.54, 1.807) is 12.1 Å². The summed E-state index contributed by atoms with van der Waals surface area (Å²) in [6.45, 7) is 5.10. The molecule has 1 aromatic heterocycles. The molecule has 5 heteroatoms. The van der Waals surface area contributed by atoms with Crippen LogP contribution in [0.4, 0.5) is 0 Å². The Morgan fingerprint density at radius 2 is 2.06 bits per heavy atom. The van der Waals surface area contributed by atoms with Crippen molar-refractivity contribution >= 4 is 12.2 Å². The van der Waals surface area contributed by atoms with Crippen LogP contribution >= 0.6 is 12.2 Å². The van der Waals surface area contributed by atoms with Crippen molar-refractivity contribution in [3.05, 3.63) is 34.6 Å². The summed E-state index contributed by atoms with van der Waals surface area (Å²) in [4.78, 5) is 0. The molecule has 0 amide bonds. The van der Waals surface area contributed by atoms with E-state index < -0.39 is 0 Å². The molecular formula is C13H14N4S. The van der Waals surface area contributed by atoms with E-state index in [-0.39, 0.29) is 0 Å². The van der Waals surface area contributed by atoms with E-state index in [9.17, 15) is 0 Å². The molecular weight excluding hydrogens is 244 g/mol. The molecule has 0 radical (unpaired) electrons. The van der Waals surface area contributed by atoms with Crippen molar-refractivity contribution in [3.63, 3.8) is 0 Å². The average Bonchev–Trinajstić information content (AvgIpc) is 2.71. The van der Waals surface area contributed by atoms with E-state index in [2.05, 4.69) is 30.1 Å². The lowest BCUT2D eigenvalue weighted by Gasteiger charge is -2.09. The number of hydrogen-bond donors (Lipinski definition) is 1. The molecule has 0 atom stereocenters. The van der Waals surface area contributed by atoms with Crippen molar-refractivity contribution in [2.45, 2.75) is 20.4 Å². The van der Waals surface area contributed by atoms with Gasteiger partial charge in [-0.2, -0.15) is 10.4 Å². The highest BCUT2D eigenvalue weighted by molar-refractivity contribution is 7.71. The Balaban J connectivity index is 2.44. The number of rotatable bonds is 3. The fourth-order valence-electron chi connectivity index (χ4n) is 1.77. The zero-order chi connectivity index (χ0) is 13.1. The summed E-state index contributed by atoms with van der Waals surface area (Å²) in [6, 6.07) is 9.45. The number of aromatic amines is 1. The summed E-state index contributed by atoms with van der Waals surface area (Å²) in [5.41, 5.74) is 1.60. The van der Waals surface area contributed by atoms with Gasteiger partial charge in [0, 0.05) is 12.1 Å². The molecule has 4 nitrogen and oxygen atoms in total. The van der Waals surface area contributed by atoms with Gasteiger partial charge in [0.2, 0.25) is 0 Å². The molecule has 0 saturated carbocycles. The minimum absolute atomic E-state index is 0.492. The topological polar surface area (TPSA) is 57.4 Å². The van der Waals surface area contributed by atoms with E-state index in [4.69, 9.17) is 17.5 Å². The van der Waals surface area contributed by atoms with Crippen molar-refractivity contribution in [1.82, 2.24) is 14.8 Å². The first-order valence-electron chi connectivity index (χ1n) is 5.77. The van der Waals surface area contributed by atoms with Crippen LogP contribution in [0.5, 0.6) is 0 Å². The Morgan fingerprint density at radius 1 is 1.39 bits per heavy atom. The lowest BCUT2D eigenvalue weighted by atomic mass is 10.1. The van der Waals surface area contributed by atoms with Gasteiger partial charge in [0.25, 0.3) is 0 Å². The van der Waals surface area contributed by atoms with Crippen LogP contribution in [0.15, 0.2) is 24.3 Å². The zero-order valence-electron chi connectivity index (χ0n) is 10.3. The summed E-state index contributed by atoms with van der Waals surface area (Å²) in [6.07, 6.45) is 0. The van der Waals surface area contributed by atoms with Crippen LogP contribution in [0.2, 0.25) is 0 Å². The largest absolute Gasteiger partial charge is 0.300 e. The second kappa shape index (κ2) is 5.15. The maximum atomic E-state index is 8.78. The number of nitrogens with one attached hydrogen (secondary N) is 1. The third-order valence-electron chi connectivity index (χ3n) is 2.58. The second-order valence-corrected chi connectivity index (χ2v) is 4.93. The fraction of sp³-hybridized carbons (Fsp3) is 0.308. The molecule has 2 rings (SSSR count). The Hall–Kier alpha value is -1.93. The van der Waals surface area contributed by atoms with Crippen molar-refractivity contribution in [2.75, 3.05) is 0 Å². The predicted molar refractivity (Wildman–Crippen MR) is 72.4 cm³/mol. The summed E-state index contributed by atoms with van der Waals surface area (Å²) in [5, 5.41) is 15.9. The summed E-state index contributed by atoms with van der Waals surface area (Å²) in [5.74, 6) is 1.31. The van der Waals surface area contributed by atoms with Gasteiger partial charge < -0.3 is 0 Å². The SMILES string of the molecule is CC(C)Cn1c(-c2ccc(C#N)cc2)n[nH]c1=S. The van der Waals surface area contributed by atoms with Crippen molar-refractivity contribution in [1.29, 1.82) is 5.26 Å². The molecule has 0 bridgehead atoms. The van der Waals surface area contributed by atoms with Crippen molar-refractivity contribution in [3.8, 4) is 17.5 Å². The Morgan fingerprint density at radius 3 is 2.61 bits per heavy atom. The summed E-state index contributed by atoms with van der Waals surface area (Å²) >= 11 is 5.23. The van der Waals surface area contributed by atoms with E-state index in [0.29, 0.717) is 16.3 Å². The van der Waals surface area contributed by atoms with Crippen LogP contribution in [-0.2, 0) is 6.54 Å². The monoisotopic (exact) mass is 258 g/mol. The van der Waals surface area contributed by atoms with Gasteiger partial charge in [-0.3, -0.25) is 9.67 Å². The molecule has 0 aliphatic rings. The molecule has 0 fully saturated rings. The van der Waals surface area contributed by atoms with Gasteiger partial charge >= 0.3 is 0 Å². The normalized spacial score (nSPS) is 10.6. The predicted octanol–water partition coefficient (Wildman–Crippen LogP) is 3.14. The number of H-pyrrole nitrogens is 1. The highest BCUT2D eigenvalue weighted by Crippen LogP contribution is 2.18. The standard InChI is InChI=1S/C13H14N4S/c1-9(2)8-17-12(15-16-13(17)18)11-5-3-10(7-14)4-6-11/h3-6,9H,8H2,1-2H3,(H,16,18). The third kappa shape index (κ3) is 2.49. The smallest absolute Gasteiger partial charge is 0.195 e. The summed E-state index contributed by atoms with van der Waals surface area (Å²) < 4.78 is 2.62. The highest BCUT2D eigenvalue weighted by Gasteiger charge is 2.09. The first kappa shape index (κ1) is 12.5. The molecule has 92 valence electrons. The van der Waals surface area contributed by atoms with Crippen LogP contribution in [0.25, 0.3) is 11.4 Å². The van der Waals surface area contributed by atoms with Gasteiger partial charge in [-0.05, 0) is 42.4 Å². The quantitative estimate of drug-likeness (QED) is 0.860. The van der Waals surface area contributed by atoms with Gasteiger partial charge in [0.15, 0.2) is 10.6 Å². The molecule has 1 N–H and O–H groups in total. The molecule has 1 heterocycles. The lowest BCUT2D eigenvalue weighted by molar-refractivity contribution is 0.521. The average molecular weight is 258 g/mol. The minimum Gasteiger partial charge on any atom is -0.300 e. The third-order valence-corrected chi connectivity index (χ3v) is 2.89. The number of nitriles is 1. The molecule has 0 aliphatic carbocycles. The molecule has 18 heavy (non-hydrogen) atoms. The second-order valence-electron chi connectivity index (χ2n) is 4.55. The first-order valence-corrected chi connectivity index (χ1v) is 6.18. The van der Waals surface area contributed by atoms with Crippen LogP contribution in [0.1, 0.15) is 19.4 Å². The molecule has 0 saturated heterocycles. The first-order chi connectivity index (χ1) is 8.61. The maximum absolute atomic E-state index is 8.78. The Bertz CT molecular complexity index is 628. The fourth-order valence-corrected chi connectivity index (χ4v) is 1.97. The van der Waals surface area contributed by atoms with Crippen LogP contribution in [0.3, 0.4) is 0 Å². The van der Waals surface area contributed by atoms with Gasteiger partial charge in [-0.15, -0.1) is 0 Å².